The highest BCUT2D eigenvalue weighted by molar-refractivity contribution is 5.92. The van der Waals surface area contributed by atoms with Crippen molar-refractivity contribution in [1.82, 2.24) is 15.3 Å². The summed E-state index contributed by atoms with van der Waals surface area (Å²) in [6.45, 7) is 5.93. The maximum atomic E-state index is 12.7. The van der Waals surface area contributed by atoms with Crippen LogP contribution in [-0.4, -0.2) is 23.0 Å². The number of aromatic amines is 1. The van der Waals surface area contributed by atoms with E-state index in [0.717, 1.165) is 30.6 Å². The molecule has 26 heavy (non-hydrogen) atoms. The van der Waals surface area contributed by atoms with E-state index in [1.807, 2.05) is 39.0 Å². The Morgan fingerprint density at radius 3 is 2.77 bits per heavy atom. The molecule has 3 rings (SSSR count). The summed E-state index contributed by atoms with van der Waals surface area (Å²) in [7, 11) is 1.65. The molecule has 2 aromatic rings. The normalized spacial score (nSPS) is 16.7. The fraction of sp³-hybridized carbons (Fsp3) is 0.450. The van der Waals surface area contributed by atoms with Crippen molar-refractivity contribution >= 4 is 5.91 Å². The number of hydrogen-bond acceptors (Lipinski definition) is 4. The number of benzene rings is 1. The van der Waals surface area contributed by atoms with E-state index in [2.05, 4.69) is 15.3 Å². The number of nitrogens with one attached hydrogen (secondary N) is 2. The maximum absolute atomic E-state index is 12.7. The van der Waals surface area contributed by atoms with E-state index in [0.29, 0.717) is 5.69 Å². The predicted octanol–water partition coefficient (Wildman–Crippen LogP) is 2.88. The van der Waals surface area contributed by atoms with Crippen molar-refractivity contribution in [1.29, 1.82) is 0 Å². The molecule has 1 aromatic heterocycles. The highest BCUT2D eigenvalue weighted by Crippen LogP contribution is 2.32. The molecule has 0 fully saturated rings. The Balaban J connectivity index is 1.86. The monoisotopic (exact) mass is 355 g/mol. The molecule has 6 nitrogen and oxygen atoms in total. The number of aryl methyl sites for hydroxylation is 1. The Morgan fingerprint density at radius 1 is 1.31 bits per heavy atom. The number of ether oxygens (including phenoxy) is 1. The Hall–Kier alpha value is -2.63. The lowest BCUT2D eigenvalue weighted by molar-refractivity contribution is 0.0927. The predicted molar refractivity (Wildman–Crippen MR) is 99.7 cm³/mol. The third-order valence-electron chi connectivity index (χ3n) is 4.76. The van der Waals surface area contributed by atoms with Crippen LogP contribution < -0.4 is 15.7 Å². The van der Waals surface area contributed by atoms with E-state index in [1.54, 1.807) is 13.2 Å². The Labute approximate surface area is 153 Å². The Bertz CT molecular complexity index is 881. The van der Waals surface area contributed by atoms with Crippen LogP contribution in [0.1, 0.15) is 67.0 Å². The van der Waals surface area contributed by atoms with Gasteiger partial charge in [0.2, 0.25) is 0 Å². The number of rotatable bonds is 3. The van der Waals surface area contributed by atoms with Crippen LogP contribution in [0.5, 0.6) is 5.75 Å². The van der Waals surface area contributed by atoms with Gasteiger partial charge in [-0.3, -0.25) is 4.79 Å². The van der Waals surface area contributed by atoms with Gasteiger partial charge in [0.15, 0.2) is 0 Å². The minimum atomic E-state index is -0.503. The van der Waals surface area contributed by atoms with E-state index < -0.39 is 5.69 Å². The maximum Gasteiger partial charge on any atom is 0.345 e. The molecule has 0 saturated heterocycles. The summed E-state index contributed by atoms with van der Waals surface area (Å²) < 4.78 is 5.29. The molecule has 138 valence electrons. The lowest BCUT2D eigenvalue weighted by atomic mass is 9.87. The zero-order chi connectivity index (χ0) is 18.9. The molecule has 1 atom stereocenters. The van der Waals surface area contributed by atoms with Crippen LogP contribution in [-0.2, 0) is 11.8 Å². The number of nitrogens with zero attached hydrogens (tertiary/aromatic N) is 1. The van der Waals surface area contributed by atoms with Gasteiger partial charge in [-0.25, -0.2) is 4.79 Å². The largest absolute Gasteiger partial charge is 0.497 e. The minimum Gasteiger partial charge on any atom is -0.497 e. The number of fused-ring (bicyclic) bond motifs is 1. The highest BCUT2D eigenvalue weighted by Gasteiger charge is 2.24. The fourth-order valence-electron chi connectivity index (χ4n) is 3.28. The summed E-state index contributed by atoms with van der Waals surface area (Å²) in [6.07, 6.45) is 2.82. The van der Waals surface area contributed by atoms with Crippen LogP contribution in [0.4, 0.5) is 0 Å². The van der Waals surface area contributed by atoms with E-state index >= 15 is 0 Å². The SMILES string of the molecule is COc1ccc2c(c1)CCC[C@@H]2NC(=O)c1cc(C(C)(C)C)[nH]c(=O)n1. The molecule has 1 aliphatic rings. The van der Waals surface area contributed by atoms with E-state index in [4.69, 9.17) is 4.74 Å². The molecule has 0 saturated carbocycles. The van der Waals surface area contributed by atoms with Crippen LogP contribution in [0.2, 0.25) is 0 Å². The molecule has 0 bridgehead atoms. The van der Waals surface area contributed by atoms with E-state index in [-0.39, 0.29) is 23.1 Å². The number of aromatic nitrogens is 2. The average molecular weight is 355 g/mol. The van der Waals surface area contributed by atoms with Crippen LogP contribution in [0.3, 0.4) is 0 Å². The molecule has 1 aromatic carbocycles. The standard InChI is InChI=1S/C20H25N3O3/c1-20(2,3)17-11-16(22-19(25)23-17)18(24)21-15-7-5-6-12-10-13(26-4)8-9-14(12)15/h8-11,15H,5-7H2,1-4H3,(H,21,24)(H,22,23,25)/t15-/m0/s1. The smallest absolute Gasteiger partial charge is 0.345 e. The van der Waals surface area contributed by atoms with Crippen molar-refractivity contribution in [2.75, 3.05) is 7.11 Å². The van der Waals surface area contributed by atoms with Gasteiger partial charge in [0.1, 0.15) is 11.4 Å². The van der Waals surface area contributed by atoms with Crippen molar-refractivity contribution in [3.8, 4) is 5.75 Å². The van der Waals surface area contributed by atoms with Gasteiger partial charge < -0.3 is 15.0 Å². The van der Waals surface area contributed by atoms with Gasteiger partial charge >= 0.3 is 5.69 Å². The first-order chi connectivity index (χ1) is 12.3. The molecule has 1 heterocycles. The van der Waals surface area contributed by atoms with Crippen molar-refractivity contribution in [3.05, 3.63) is 57.3 Å². The van der Waals surface area contributed by atoms with Gasteiger partial charge in [-0.2, -0.15) is 4.98 Å². The summed E-state index contributed by atoms with van der Waals surface area (Å²) in [5.41, 5.74) is 2.36. The molecule has 0 unspecified atom stereocenters. The van der Waals surface area contributed by atoms with Crippen LogP contribution in [0.15, 0.2) is 29.1 Å². The molecular formula is C20H25N3O3. The molecule has 0 radical (unpaired) electrons. The second kappa shape index (κ2) is 6.94. The number of H-pyrrole nitrogens is 1. The average Bonchev–Trinajstić information content (AvgIpc) is 2.60. The molecule has 0 spiro atoms. The molecule has 1 aliphatic carbocycles. The van der Waals surface area contributed by atoms with Gasteiger partial charge in [-0.1, -0.05) is 26.8 Å². The van der Waals surface area contributed by atoms with E-state index in [9.17, 15) is 9.59 Å². The second-order valence-electron chi connectivity index (χ2n) is 7.72. The zero-order valence-electron chi connectivity index (χ0n) is 15.7. The first-order valence-corrected chi connectivity index (χ1v) is 8.87. The Morgan fingerprint density at radius 2 is 2.08 bits per heavy atom. The number of methoxy groups -OCH3 is 1. The summed E-state index contributed by atoms with van der Waals surface area (Å²) in [5.74, 6) is 0.497. The minimum absolute atomic E-state index is 0.0867. The van der Waals surface area contributed by atoms with Gasteiger partial charge in [0.05, 0.1) is 13.2 Å². The molecular weight excluding hydrogens is 330 g/mol. The number of carbonyl (C=O) groups excluding carboxylic acids is 1. The van der Waals surface area contributed by atoms with Crippen molar-refractivity contribution < 1.29 is 9.53 Å². The lowest BCUT2D eigenvalue weighted by Gasteiger charge is -2.27. The van der Waals surface area contributed by atoms with Crippen molar-refractivity contribution in [2.24, 2.45) is 0 Å². The summed E-state index contributed by atoms with van der Waals surface area (Å²) >= 11 is 0. The summed E-state index contributed by atoms with van der Waals surface area (Å²) in [4.78, 5) is 31.2. The number of hydrogen-bond donors (Lipinski definition) is 2. The van der Waals surface area contributed by atoms with E-state index in [1.165, 1.54) is 5.56 Å². The molecule has 6 heteroatoms. The van der Waals surface area contributed by atoms with Crippen molar-refractivity contribution in [3.63, 3.8) is 0 Å². The van der Waals surface area contributed by atoms with Gasteiger partial charge in [-0.05, 0) is 48.6 Å². The molecule has 2 N–H and O–H groups in total. The second-order valence-corrected chi connectivity index (χ2v) is 7.72. The number of carbonyl (C=O) groups is 1. The first-order valence-electron chi connectivity index (χ1n) is 8.87. The fourth-order valence-corrected chi connectivity index (χ4v) is 3.28. The quantitative estimate of drug-likeness (QED) is 0.887. The van der Waals surface area contributed by atoms with Crippen LogP contribution in [0.25, 0.3) is 0 Å². The third kappa shape index (κ3) is 3.79. The van der Waals surface area contributed by atoms with Gasteiger partial charge in [0.25, 0.3) is 5.91 Å². The van der Waals surface area contributed by atoms with Crippen LogP contribution in [0, 0.1) is 0 Å². The zero-order valence-corrected chi connectivity index (χ0v) is 15.7. The topological polar surface area (TPSA) is 84.1 Å². The molecule has 1 amide bonds. The third-order valence-corrected chi connectivity index (χ3v) is 4.76. The van der Waals surface area contributed by atoms with Crippen LogP contribution >= 0.6 is 0 Å². The lowest BCUT2D eigenvalue weighted by Crippen LogP contribution is -2.33. The Kier molecular flexibility index (Phi) is 4.85. The van der Waals surface area contributed by atoms with Crippen molar-refractivity contribution in [2.45, 2.75) is 51.5 Å². The summed E-state index contributed by atoms with van der Waals surface area (Å²) in [5, 5.41) is 3.04. The highest BCUT2D eigenvalue weighted by atomic mass is 16.5. The summed E-state index contributed by atoms with van der Waals surface area (Å²) in [6, 6.07) is 7.51. The number of amides is 1. The van der Waals surface area contributed by atoms with Gasteiger partial charge in [0, 0.05) is 11.1 Å². The van der Waals surface area contributed by atoms with Gasteiger partial charge in [-0.15, -0.1) is 0 Å². The first kappa shape index (κ1) is 18.2. The molecule has 0 aliphatic heterocycles.